The molecule has 7 nitrogen and oxygen atoms in total. The number of aryl methyl sites for hydroxylation is 1. The Morgan fingerprint density at radius 1 is 0.839 bits per heavy atom. The number of carbonyl (C=O) groups excluding carboxylic acids is 1. The highest BCUT2D eigenvalue weighted by Crippen LogP contribution is 2.23. The second kappa shape index (κ2) is 8.32. The van der Waals surface area contributed by atoms with Crippen LogP contribution in [0.4, 0.5) is 5.69 Å². The normalized spacial score (nSPS) is 12.0. The molecule has 3 rings (SSSR count). The lowest BCUT2D eigenvalue weighted by Gasteiger charge is -2.20. The van der Waals surface area contributed by atoms with Crippen LogP contribution >= 0.6 is 0 Å². The molecule has 0 aliphatic rings. The van der Waals surface area contributed by atoms with E-state index in [1.165, 1.54) is 12.1 Å². The van der Waals surface area contributed by atoms with Gasteiger partial charge in [-0.15, -0.1) is 0 Å². The monoisotopic (exact) mass is 460 g/mol. The van der Waals surface area contributed by atoms with E-state index in [2.05, 4.69) is 0 Å². The van der Waals surface area contributed by atoms with E-state index < -0.39 is 20.0 Å². The van der Waals surface area contributed by atoms with Gasteiger partial charge in [0.15, 0.2) is 0 Å². The van der Waals surface area contributed by atoms with Crippen molar-refractivity contribution in [1.29, 1.82) is 0 Å². The highest BCUT2D eigenvalue weighted by Gasteiger charge is 2.27. The number of rotatable bonds is 7. The standard InChI is InChI=1S/C22H24N2O5S2/c1-16-5-9-18(10-6-16)22(25)21-14-13-20(23(21)2)15-17-7-11-19(12-8-17)24(30(3,26)27)31(4,28)29/h5-14H,15H2,1-4H3. The van der Waals surface area contributed by atoms with E-state index in [1.54, 1.807) is 30.3 Å². The van der Waals surface area contributed by atoms with Gasteiger partial charge in [0.25, 0.3) is 0 Å². The molecule has 0 bridgehead atoms. The van der Waals surface area contributed by atoms with Crippen LogP contribution in [-0.2, 0) is 33.5 Å². The maximum Gasteiger partial charge on any atom is 0.245 e. The van der Waals surface area contributed by atoms with E-state index in [1.807, 2.05) is 36.7 Å². The topological polar surface area (TPSA) is 93.5 Å². The molecule has 31 heavy (non-hydrogen) atoms. The van der Waals surface area contributed by atoms with Gasteiger partial charge in [-0.25, -0.2) is 16.8 Å². The molecule has 0 amide bonds. The molecule has 3 aromatic rings. The molecule has 1 aromatic heterocycles. The summed E-state index contributed by atoms with van der Waals surface area (Å²) in [5.74, 6) is -0.0685. The number of nitrogens with zero attached hydrogens (tertiary/aromatic N) is 2. The predicted molar refractivity (Wildman–Crippen MR) is 121 cm³/mol. The van der Waals surface area contributed by atoms with Crippen LogP contribution in [0.5, 0.6) is 0 Å². The second-order valence-electron chi connectivity index (χ2n) is 7.53. The van der Waals surface area contributed by atoms with Crippen molar-refractivity contribution in [2.45, 2.75) is 13.3 Å². The van der Waals surface area contributed by atoms with Gasteiger partial charge in [-0.2, -0.15) is 3.71 Å². The molecule has 0 atom stereocenters. The fraction of sp³-hybridized carbons (Fsp3) is 0.227. The quantitative estimate of drug-likeness (QED) is 0.506. The zero-order valence-electron chi connectivity index (χ0n) is 17.7. The molecule has 0 fully saturated rings. The SMILES string of the molecule is Cc1ccc(C(=O)c2ccc(Cc3ccc(N(S(C)(=O)=O)S(C)(=O)=O)cc3)n2C)cc1. The lowest BCUT2D eigenvalue weighted by atomic mass is 10.1. The third kappa shape index (κ3) is 5.05. The summed E-state index contributed by atoms with van der Waals surface area (Å²) in [7, 11) is -6.15. The van der Waals surface area contributed by atoms with Crippen LogP contribution in [-0.4, -0.2) is 39.7 Å². The number of anilines is 1. The molecule has 0 saturated heterocycles. The second-order valence-corrected chi connectivity index (χ2v) is 11.4. The summed E-state index contributed by atoms with van der Waals surface area (Å²) in [4.78, 5) is 12.8. The van der Waals surface area contributed by atoms with E-state index in [9.17, 15) is 21.6 Å². The highest BCUT2D eigenvalue weighted by molar-refractivity contribution is 8.09. The maximum absolute atomic E-state index is 12.8. The molecule has 2 aromatic carbocycles. The number of hydrogen-bond donors (Lipinski definition) is 0. The predicted octanol–water partition coefficient (Wildman–Crippen LogP) is 2.88. The minimum atomic E-state index is -3.99. The minimum absolute atomic E-state index is 0.0517. The van der Waals surface area contributed by atoms with Crippen LogP contribution < -0.4 is 3.71 Å². The smallest absolute Gasteiger partial charge is 0.245 e. The number of carbonyl (C=O) groups is 1. The number of benzene rings is 2. The van der Waals surface area contributed by atoms with Crippen LogP contribution in [0.3, 0.4) is 0 Å². The molecule has 164 valence electrons. The summed E-state index contributed by atoms with van der Waals surface area (Å²) >= 11 is 0. The molecule has 1 heterocycles. The van der Waals surface area contributed by atoms with Crippen LogP contribution in [0.25, 0.3) is 0 Å². The molecular formula is C22H24N2O5S2. The van der Waals surface area contributed by atoms with Gasteiger partial charge in [-0.3, -0.25) is 4.79 Å². The average Bonchev–Trinajstić information content (AvgIpc) is 3.01. The number of hydrogen-bond acceptors (Lipinski definition) is 5. The van der Waals surface area contributed by atoms with Gasteiger partial charge in [0.05, 0.1) is 23.9 Å². The van der Waals surface area contributed by atoms with E-state index in [0.717, 1.165) is 29.3 Å². The zero-order valence-corrected chi connectivity index (χ0v) is 19.4. The molecule has 0 spiro atoms. The summed E-state index contributed by atoms with van der Waals surface area (Å²) in [5.41, 5.74) is 4.06. The van der Waals surface area contributed by atoms with E-state index in [0.29, 0.717) is 21.4 Å². The van der Waals surface area contributed by atoms with Gasteiger partial charge in [-0.05, 0) is 36.8 Å². The summed E-state index contributed by atoms with van der Waals surface area (Å²) in [5, 5.41) is 0. The van der Waals surface area contributed by atoms with Gasteiger partial charge in [0.2, 0.25) is 25.8 Å². The Bertz CT molecular complexity index is 1290. The largest absolute Gasteiger partial charge is 0.345 e. The first-order valence-corrected chi connectivity index (χ1v) is 13.1. The number of ketones is 1. The lowest BCUT2D eigenvalue weighted by molar-refractivity contribution is 0.103. The van der Waals surface area contributed by atoms with Crippen molar-refractivity contribution >= 4 is 31.5 Å². The van der Waals surface area contributed by atoms with Crippen LogP contribution in [0, 0.1) is 6.92 Å². The number of aromatic nitrogens is 1. The molecule has 0 aliphatic heterocycles. The fourth-order valence-electron chi connectivity index (χ4n) is 3.39. The lowest BCUT2D eigenvalue weighted by Crippen LogP contribution is -2.35. The van der Waals surface area contributed by atoms with Crippen molar-refractivity contribution in [3.8, 4) is 0 Å². The first-order valence-electron chi connectivity index (χ1n) is 9.43. The zero-order chi connectivity index (χ0) is 23.0. The van der Waals surface area contributed by atoms with Crippen molar-refractivity contribution in [3.05, 3.63) is 88.7 Å². The third-order valence-corrected chi connectivity index (χ3v) is 8.16. The van der Waals surface area contributed by atoms with Gasteiger partial charge in [-0.1, -0.05) is 42.0 Å². The van der Waals surface area contributed by atoms with Crippen LogP contribution in [0.1, 0.15) is 32.9 Å². The molecular weight excluding hydrogens is 436 g/mol. The fourth-order valence-corrected chi connectivity index (χ4v) is 6.36. The maximum atomic E-state index is 12.8. The van der Waals surface area contributed by atoms with Crippen molar-refractivity contribution in [3.63, 3.8) is 0 Å². The van der Waals surface area contributed by atoms with Gasteiger partial charge in [0, 0.05) is 24.7 Å². The van der Waals surface area contributed by atoms with E-state index in [-0.39, 0.29) is 11.5 Å². The third-order valence-electron chi connectivity index (χ3n) is 4.91. The molecule has 0 unspecified atom stereocenters. The summed E-state index contributed by atoms with van der Waals surface area (Å²) in [6, 6.07) is 17.3. The Balaban J connectivity index is 1.84. The van der Waals surface area contributed by atoms with Crippen LogP contribution in [0.15, 0.2) is 60.7 Å². The molecule has 0 aliphatic carbocycles. The molecule has 9 heteroatoms. The highest BCUT2D eigenvalue weighted by atomic mass is 32.3. The Labute approximate surface area is 183 Å². The Kier molecular flexibility index (Phi) is 6.11. The van der Waals surface area contributed by atoms with E-state index >= 15 is 0 Å². The summed E-state index contributed by atoms with van der Waals surface area (Å²) in [6.45, 7) is 1.96. The van der Waals surface area contributed by atoms with Crippen molar-refractivity contribution < 1.29 is 21.6 Å². The van der Waals surface area contributed by atoms with Crippen molar-refractivity contribution in [2.75, 3.05) is 16.2 Å². The van der Waals surface area contributed by atoms with Gasteiger partial charge < -0.3 is 4.57 Å². The first kappa shape index (κ1) is 22.8. The van der Waals surface area contributed by atoms with Crippen LogP contribution in [0.2, 0.25) is 0 Å². The molecule has 0 saturated carbocycles. The minimum Gasteiger partial charge on any atom is -0.345 e. The summed E-state index contributed by atoms with van der Waals surface area (Å²) in [6.07, 6.45) is 2.19. The summed E-state index contributed by atoms with van der Waals surface area (Å²) < 4.78 is 49.9. The Hall–Kier alpha value is -2.91. The van der Waals surface area contributed by atoms with Gasteiger partial charge >= 0.3 is 0 Å². The van der Waals surface area contributed by atoms with Crippen molar-refractivity contribution in [1.82, 2.24) is 4.57 Å². The van der Waals surface area contributed by atoms with Crippen molar-refractivity contribution in [2.24, 2.45) is 7.05 Å². The van der Waals surface area contributed by atoms with E-state index in [4.69, 9.17) is 0 Å². The number of sulfonamides is 2. The molecule has 0 radical (unpaired) electrons. The Morgan fingerprint density at radius 3 is 1.90 bits per heavy atom. The van der Waals surface area contributed by atoms with Gasteiger partial charge in [0.1, 0.15) is 0 Å². The Morgan fingerprint density at radius 2 is 1.39 bits per heavy atom. The molecule has 0 N–H and O–H groups in total. The average molecular weight is 461 g/mol. The first-order chi connectivity index (χ1) is 14.4.